The second kappa shape index (κ2) is 8.88. The molecule has 8 nitrogen and oxygen atoms in total. The molecule has 1 aromatic carbocycles. The topological polar surface area (TPSA) is 96.6 Å². The number of rotatable bonds is 4. The molecule has 2 aromatic rings. The van der Waals surface area contributed by atoms with Gasteiger partial charge in [0.2, 0.25) is 27.6 Å². The van der Waals surface area contributed by atoms with E-state index in [1.807, 2.05) is 4.90 Å². The van der Waals surface area contributed by atoms with Gasteiger partial charge in [0.1, 0.15) is 4.90 Å². The van der Waals surface area contributed by atoms with Crippen LogP contribution in [0.5, 0.6) is 0 Å². The van der Waals surface area contributed by atoms with Crippen LogP contribution in [0.3, 0.4) is 0 Å². The highest BCUT2D eigenvalue weighted by atomic mass is 35.5. The van der Waals surface area contributed by atoms with E-state index in [0.717, 1.165) is 25.9 Å². The molecule has 2 aliphatic heterocycles. The third-order valence-electron chi connectivity index (χ3n) is 6.23. The van der Waals surface area contributed by atoms with Gasteiger partial charge in [-0.05, 0) is 49.8 Å². The summed E-state index contributed by atoms with van der Waals surface area (Å²) in [6, 6.07) is 4.67. The Morgan fingerprint density at radius 1 is 1.13 bits per heavy atom. The van der Waals surface area contributed by atoms with Crippen molar-refractivity contribution in [2.75, 3.05) is 26.2 Å². The minimum atomic E-state index is -3.81. The van der Waals surface area contributed by atoms with Crippen LogP contribution in [0.15, 0.2) is 27.6 Å². The Hall–Kier alpha value is -1.97. The quantitative estimate of drug-likeness (QED) is 0.685. The lowest BCUT2D eigenvalue weighted by atomic mass is 9.93. The molecule has 0 unspecified atom stereocenters. The van der Waals surface area contributed by atoms with Crippen LogP contribution >= 0.6 is 11.6 Å². The Balaban J connectivity index is 1.46. The van der Waals surface area contributed by atoms with Gasteiger partial charge in [-0.1, -0.05) is 23.7 Å². The first-order chi connectivity index (χ1) is 14.8. The van der Waals surface area contributed by atoms with E-state index in [2.05, 4.69) is 17.1 Å². The largest absolute Gasteiger partial charge is 0.342 e. The molecule has 1 aromatic heterocycles. The van der Waals surface area contributed by atoms with Gasteiger partial charge in [0.15, 0.2) is 0 Å². The molecule has 0 radical (unpaired) electrons. The van der Waals surface area contributed by atoms with Gasteiger partial charge in [0.05, 0.1) is 5.02 Å². The normalized spacial score (nSPS) is 19.6. The fourth-order valence-corrected chi connectivity index (χ4v) is 6.20. The first kappa shape index (κ1) is 22.2. The van der Waals surface area contributed by atoms with Gasteiger partial charge in [-0.25, -0.2) is 8.42 Å². The Morgan fingerprint density at radius 2 is 1.81 bits per heavy atom. The number of carbonyl (C=O) groups excluding carboxylic acids is 1. The average Bonchev–Trinajstić information content (AvgIpc) is 3.20. The first-order valence-corrected chi connectivity index (χ1v) is 12.5. The summed E-state index contributed by atoms with van der Waals surface area (Å²) in [6.07, 6.45) is 3.11. The van der Waals surface area contributed by atoms with Crippen LogP contribution in [-0.4, -0.2) is 59.8 Å². The molecule has 168 valence electrons. The number of carbonyl (C=O) groups is 1. The van der Waals surface area contributed by atoms with Crippen LogP contribution in [0.1, 0.15) is 38.5 Å². The van der Waals surface area contributed by atoms with Crippen LogP contribution < -0.4 is 0 Å². The van der Waals surface area contributed by atoms with Crippen molar-refractivity contribution in [3.05, 3.63) is 29.1 Å². The molecule has 31 heavy (non-hydrogen) atoms. The molecule has 0 atom stereocenters. The zero-order valence-electron chi connectivity index (χ0n) is 17.8. The highest BCUT2D eigenvalue weighted by molar-refractivity contribution is 7.89. The number of likely N-dealkylation sites (tertiary alicyclic amines) is 1. The number of halogens is 1. The standard InChI is InChI=1S/C21H27ClN4O4S/c1-14-5-9-25(10-6-14)21(27)16-7-11-26(12-8-16)31(28,29)19-13-17(3-4-18(19)22)20-23-15(2)30-24-20/h3-4,13-14,16H,5-12H2,1-2H3. The molecule has 0 aliphatic carbocycles. The molecule has 0 N–H and O–H groups in total. The molecule has 3 heterocycles. The number of sulfonamides is 1. The minimum absolute atomic E-state index is 0.0175. The number of aryl methyl sites for hydroxylation is 1. The van der Waals surface area contributed by atoms with Gasteiger partial charge in [0, 0.05) is 44.6 Å². The van der Waals surface area contributed by atoms with Gasteiger partial charge in [0.25, 0.3) is 0 Å². The van der Waals surface area contributed by atoms with E-state index in [1.54, 1.807) is 13.0 Å². The molecule has 0 bridgehead atoms. The Labute approximate surface area is 187 Å². The number of benzene rings is 1. The number of piperidine rings is 2. The molecule has 2 aliphatic rings. The Bertz CT molecular complexity index is 1060. The zero-order chi connectivity index (χ0) is 22.2. The van der Waals surface area contributed by atoms with Crippen molar-refractivity contribution in [3.63, 3.8) is 0 Å². The molecule has 0 saturated carbocycles. The smallest absolute Gasteiger partial charge is 0.244 e. The minimum Gasteiger partial charge on any atom is -0.342 e. The van der Waals surface area contributed by atoms with E-state index in [1.165, 1.54) is 16.4 Å². The second-order valence-corrected chi connectivity index (χ2v) is 10.8. The summed E-state index contributed by atoms with van der Waals surface area (Å²) in [4.78, 5) is 19.0. The molecule has 4 rings (SSSR count). The Morgan fingerprint density at radius 3 is 2.42 bits per heavy atom. The maximum absolute atomic E-state index is 13.3. The molecular formula is C21H27ClN4O4S. The maximum atomic E-state index is 13.3. The summed E-state index contributed by atoms with van der Waals surface area (Å²) < 4.78 is 33.0. The van der Waals surface area contributed by atoms with Gasteiger partial charge < -0.3 is 9.42 Å². The van der Waals surface area contributed by atoms with E-state index in [-0.39, 0.29) is 21.7 Å². The van der Waals surface area contributed by atoms with Crippen molar-refractivity contribution in [2.45, 2.75) is 44.4 Å². The van der Waals surface area contributed by atoms with Crippen LogP contribution in [0.2, 0.25) is 5.02 Å². The first-order valence-electron chi connectivity index (χ1n) is 10.6. The van der Waals surface area contributed by atoms with Crippen molar-refractivity contribution in [1.82, 2.24) is 19.3 Å². The fourth-order valence-electron chi connectivity index (χ4n) is 4.23. The lowest BCUT2D eigenvalue weighted by molar-refractivity contribution is -0.138. The van der Waals surface area contributed by atoms with E-state index in [9.17, 15) is 13.2 Å². The van der Waals surface area contributed by atoms with E-state index >= 15 is 0 Å². The monoisotopic (exact) mass is 466 g/mol. The summed E-state index contributed by atoms with van der Waals surface area (Å²) in [5.41, 5.74) is 0.518. The van der Waals surface area contributed by atoms with Crippen molar-refractivity contribution in [3.8, 4) is 11.4 Å². The van der Waals surface area contributed by atoms with Gasteiger partial charge >= 0.3 is 0 Å². The van der Waals surface area contributed by atoms with Crippen molar-refractivity contribution < 1.29 is 17.7 Å². The van der Waals surface area contributed by atoms with Gasteiger partial charge in [-0.2, -0.15) is 9.29 Å². The lowest BCUT2D eigenvalue weighted by Crippen LogP contribution is -2.46. The molecule has 2 saturated heterocycles. The molecule has 0 spiro atoms. The fraction of sp³-hybridized carbons (Fsp3) is 0.571. The lowest BCUT2D eigenvalue weighted by Gasteiger charge is -2.36. The van der Waals surface area contributed by atoms with E-state index in [0.29, 0.717) is 49.1 Å². The third-order valence-corrected chi connectivity index (χ3v) is 8.61. The van der Waals surface area contributed by atoms with Crippen molar-refractivity contribution >= 4 is 27.5 Å². The van der Waals surface area contributed by atoms with Crippen molar-refractivity contribution in [2.24, 2.45) is 11.8 Å². The van der Waals surface area contributed by atoms with Crippen LogP contribution in [-0.2, 0) is 14.8 Å². The predicted molar refractivity (Wildman–Crippen MR) is 116 cm³/mol. The summed E-state index contributed by atoms with van der Waals surface area (Å²) in [5, 5.41) is 3.99. The summed E-state index contributed by atoms with van der Waals surface area (Å²) in [5.74, 6) is 1.41. The third kappa shape index (κ3) is 4.63. The van der Waals surface area contributed by atoms with Crippen LogP contribution in [0.25, 0.3) is 11.4 Å². The Kier molecular flexibility index (Phi) is 6.37. The molecule has 10 heteroatoms. The summed E-state index contributed by atoms with van der Waals surface area (Å²) in [6.45, 7) is 6.08. The van der Waals surface area contributed by atoms with Gasteiger partial charge in [-0.3, -0.25) is 4.79 Å². The molecule has 1 amide bonds. The van der Waals surface area contributed by atoms with E-state index in [4.69, 9.17) is 16.1 Å². The number of hydrogen-bond donors (Lipinski definition) is 0. The highest BCUT2D eigenvalue weighted by Gasteiger charge is 2.35. The number of nitrogens with zero attached hydrogens (tertiary/aromatic N) is 4. The molecule has 2 fully saturated rings. The summed E-state index contributed by atoms with van der Waals surface area (Å²) in [7, 11) is -3.81. The van der Waals surface area contributed by atoms with E-state index < -0.39 is 10.0 Å². The summed E-state index contributed by atoms with van der Waals surface area (Å²) >= 11 is 6.25. The number of hydrogen-bond acceptors (Lipinski definition) is 6. The van der Waals surface area contributed by atoms with Gasteiger partial charge in [-0.15, -0.1) is 0 Å². The van der Waals surface area contributed by atoms with Crippen LogP contribution in [0, 0.1) is 18.8 Å². The number of aromatic nitrogens is 2. The predicted octanol–water partition coefficient (Wildman–Crippen LogP) is 3.36. The average molecular weight is 467 g/mol. The highest BCUT2D eigenvalue weighted by Crippen LogP contribution is 2.32. The van der Waals surface area contributed by atoms with Crippen molar-refractivity contribution in [1.29, 1.82) is 0 Å². The zero-order valence-corrected chi connectivity index (χ0v) is 19.3. The second-order valence-electron chi connectivity index (χ2n) is 8.47. The molecular weight excluding hydrogens is 440 g/mol. The number of amides is 1. The van der Waals surface area contributed by atoms with Crippen LogP contribution in [0.4, 0.5) is 0 Å². The SMILES string of the molecule is Cc1nc(-c2ccc(Cl)c(S(=O)(=O)N3CCC(C(=O)N4CCC(C)CC4)CC3)c2)no1. The maximum Gasteiger partial charge on any atom is 0.244 e.